The lowest BCUT2D eigenvalue weighted by molar-refractivity contribution is -0.121. The van der Waals surface area contributed by atoms with Crippen molar-refractivity contribution in [3.8, 4) is 23.4 Å². The van der Waals surface area contributed by atoms with Gasteiger partial charge in [0.1, 0.15) is 17.8 Å². The molecule has 1 amide bonds. The minimum absolute atomic E-state index is 0.0114. The topological polar surface area (TPSA) is 99.8 Å². The van der Waals surface area contributed by atoms with Gasteiger partial charge in [0.05, 0.1) is 6.20 Å². The van der Waals surface area contributed by atoms with Crippen LogP contribution in [0.15, 0.2) is 24.4 Å². The van der Waals surface area contributed by atoms with Crippen LogP contribution in [0.3, 0.4) is 0 Å². The van der Waals surface area contributed by atoms with E-state index in [0.717, 1.165) is 41.6 Å². The van der Waals surface area contributed by atoms with E-state index in [-0.39, 0.29) is 11.9 Å². The Morgan fingerprint density at radius 1 is 1.28 bits per heavy atom. The Labute approximate surface area is 145 Å². The van der Waals surface area contributed by atoms with E-state index in [1.54, 1.807) is 16.0 Å². The van der Waals surface area contributed by atoms with E-state index in [0.29, 0.717) is 18.8 Å². The van der Waals surface area contributed by atoms with Gasteiger partial charge in [-0.05, 0) is 36.5 Å². The second kappa shape index (κ2) is 5.95. The standard InChI is InChI=1S/C18H16N6O/c19-9-15-14(10-21-22-15)12-3-1-4-16-13(12)6-8-24(16)18(25)17-5-2-7-23(17)11-20/h1,3-4,10,17H,2,5-8H2,(H,21,22)/t17-/m0/s1. The Morgan fingerprint density at radius 2 is 2.16 bits per heavy atom. The van der Waals surface area contributed by atoms with Crippen molar-refractivity contribution in [3.63, 3.8) is 0 Å². The number of carbonyl (C=O) groups excluding carboxylic acids is 1. The number of likely N-dealkylation sites (tertiary alicyclic amines) is 1. The van der Waals surface area contributed by atoms with Gasteiger partial charge in [0.15, 0.2) is 6.19 Å². The van der Waals surface area contributed by atoms with Gasteiger partial charge in [-0.15, -0.1) is 0 Å². The van der Waals surface area contributed by atoms with Crippen LogP contribution in [0, 0.1) is 22.8 Å². The lowest BCUT2D eigenvalue weighted by Crippen LogP contribution is -2.43. The highest BCUT2D eigenvalue weighted by Crippen LogP contribution is 2.37. The van der Waals surface area contributed by atoms with Crippen molar-refractivity contribution in [2.75, 3.05) is 18.0 Å². The molecule has 0 spiro atoms. The van der Waals surface area contributed by atoms with Crippen LogP contribution in [0.25, 0.3) is 11.1 Å². The Morgan fingerprint density at radius 3 is 2.96 bits per heavy atom. The molecule has 0 radical (unpaired) electrons. The highest BCUT2D eigenvalue weighted by molar-refractivity contribution is 6.00. The third-order valence-corrected chi connectivity index (χ3v) is 5.00. The highest BCUT2D eigenvalue weighted by Gasteiger charge is 2.36. The molecular weight excluding hydrogens is 316 g/mol. The zero-order valence-corrected chi connectivity index (χ0v) is 13.6. The van der Waals surface area contributed by atoms with Crippen molar-refractivity contribution in [3.05, 3.63) is 35.7 Å². The first-order valence-corrected chi connectivity index (χ1v) is 8.28. The molecule has 4 rings (SSSR count). The second-order valence-electron chi connectivity index (χ2n) is 6.27. The number of H-pyrrole nitrogens is 1. The van der Waals surface area contributed by atoms with E-state index in [1.165, 1.54) is 0 Å². The molecule has 2 aromatic rings. The summed E-state index contributed by atoms with van der Waals surface area (Å²) < 4.78 is 0. The molecule has 7 nitrogen and oxygen atoms in total. The molecule has 124 valence electrons. The highest BCUT2D eigenvalue weighted by atomic mass is 16.2. The summed E-state index contributed by atoms with van der Waals surface area (Å²) in [5.74, 6) is -0.0114. The van der Waals surface area contributed by atoms with Crippen LogP contribution in [0.1, 0.15) is 24.1 Å². The normalized spacial score (nSPS) is 18.7. The number of hydrogen-bond acceptors (Lipinski definition) is 5. The number of anilines is 1. The number of fused-ring (bicyclic) bond motifs is 1. The molecule has 1 saturated heterocycles. The summed E-state index contributed by atoms with van der Waals surface area (Å²) >= 11 is 0. The van der Waals surface area contributed by atoms with Crippen LogP contribution >= 0.6 is 0 Å². The van der Waals surface area contributed by atoms with E-state index in [1.807, 2.05) is 18.2 Å². The number of aromatic amines is 1. The monoisotopic (exact) mass is 332 g/mol. The fourth-order valence-electron chi connectivity index (χ4n) is 3.81. The van der Waals surface area contributed by atoms with E-state index in [9.17, 15) is 15.3 Å². The van der Waals surface area contributed by atoms with Crippen molar-refractivity contribution >= 4 is 11.6 Å². The van der Waals surface area contributed by atoms with Crippen molar-refractivity contribution in [2.24, 2.45) is 0 Å². The quantitative estimate of drug-likeness (QED) is 0.845. The first kappa shape index (κ1) is 15.2. The molecule has 2 aliphatic rings. The van der Waals surface area contributed by atoms with Gasteiger partial charge in [-0.1, -0.05) is 12.1 Å². The number of benzene rings is 1. The molecule has 25 heavy (non-hydrogen) atoms. The first-order valence-electron chi connectivity index (χ1n) is 8.28. The van der Waals surface area contributed by atoms with Crippen LogP contribution in [0.5, 0.6) is 0 Å². The van der Waals surface area contributed by atoms with E-state index in [2.05, 4.69) is 22.5 Å². The van der Waals surface area contributed by atoms with Crippen molar-refractivity contribution in [2.45, 2.75) is 25.3 Å². The fraction of sp³-hybridized carbons (Fsp3) is 0.333. The number of aromatic nitrogens is 2. The van der Waals surface area contributed by atoms with Gasteiger partial charge in [0.25, 0.3) is 0 Å². The number of hydrogen-bond donors (Lipinski definition) is 1. The van der Waals surface area contributed by atoms with Gasteiger partial charge in [0, 0.05) is 24.3 Å². The molecule has 0 saturated carbocycles. The minimum Gasteiger partial charge on any atom is -0.310 e. The number of nitriles is 2. The van der Waals surface area contributed by atoms with Gasteiger partial charge >= 0.3 is 0 Å². The number of nitrogens with one attached hydrogen (secondary N) is 1. The SMILES string of the molecule is N#Cc1[nH]ncc1-c1cccc2c1CCN2C(=O)[C@@H]1CCCN1C#N. The smallest absolute Gasteiger partial charge is 0.250 e. The number of rotatable bonds is 2. The van der Waals surface area contributed by atoms with Crippen LogP contribution in [0.2, 0.25) is 0 Å². The van der Waals surface area contributed by atoms with Gasteiger partial charge in [-0.3, -0.25) is 14.8 Å². The van der Waals surface area contributed by atoms with Gasteiger partial charge in [-0.25, -0.2) is 0 Å². The molecule has 1 atom stereocenters. The molecule has 0 aliphatic carbocycles. The predicted molar refractivity (Wildman–Crippen MR) is 90.1 cm³/mol. The van der Waals surface area contributed by atoms with Gasteiger partial charge < -0.3 is 4.90 Å². The van der Waals surface area contributed by atoms with Crippen molar-refractivity contribution in [1.29, 1.82) is 10.5 Å². The third-order valence-electron chi connectivity index (χ3n) is 5.00. The van der Waals surface area contributed by atoms with Gasteiger partial charge in [0.2, 0.25) is 5.91 Å². The number of amides is 1. The maximum atomic E-state index is 13.0. The number of nitrogens with zero attached hydrogens (tertiary/aromatic N) is 5. The summed E-state index contributed by atoms with van der Waals surface area (Å²) in [5, 5.41) is 25.1. The van der Waals surface area contributed by atoms with Crippen LogP contribution < -0.4 is 4.90 Å². The van der Waals surface area contributed by atoms with Crippen LogP contribution in [0.4, 0.5) is 5.69 Å². The molecule has 0 bridgehead atoms. The summed E-state index contributed by atoms with van der Waals surface area (Å²) in [5.41, 5.74) is 4.03. The van der Waals surface area contributed by atoms with Crippen LogP contribution in [-0.4, -0.2) is 40.1 Å². The lowest BCUT2D eigenvalue weighted by atomic mass is 9.98. The average Bonchev–Trinajstić information content (AvgIpc) is 3.38. The van der Waals surface area contributed by atoms with Crippen molar-refractivity contribution < 1.29 is 4.79 Å². The number of carbonyl (C=O) groups is 1. The van der Waals surface area contributed by atoms with Crippen LogP contribution in [-0.2, 0) is 11.2 Å². The van der Waals surface area contributed by atoms with Gasteiger partial charge in [-0.2, -0.15) is 15.6 Å². The summed E-state index contributed by atoms with van der Waals surface area (Å²) in [6.07, 6.45) is 6.09. The largest absolute Gasteiger partial charge is 0.310 e. The second-order valence-corrected chi connectivity index (χ2v) is 6.27. The molecule has 1 aromatic carbocycles. The van der Waals surface area contributed by atoms with E-state index < -0.39 is 0 Å². The fourth-order valence-corrected chi connectivity index (χ4v) is 3.81. The van der Waals surface area contributed by atoms with Crippen molar-refractivity contribution in [1.82, 2.24) is 15.1 Å². The Hall–Kier alpha value is -3.32. The Balaban J connectivity index is 1.71. The Kier molecular flexibility index (Phi) is 3.62. The maximum absolute atomic E-state index is 13.0. The molecule has 2 aliphatic heterocycles. The predicted octanol–water partition coefficient (Wildman–Crippen LogP) is 1.78. The summed E-state index contributed by atoms with van der Waals surface area (Å²) in [6, 6.07) is 7.54. The summed E-state index contributed by atoms with van der Waals surface area (Å²) in [7, 11) is 0. The molecule has 1 fully saturated rings. The van der Waals surface area contributed by atoms with E-state index in [4.69, 9.17) is 0 Å². The zero-order valence-electron chi connectivity index (χ0n) is 13.6. The summed E-state index contributed by atoms with van der Waals surface area (Å²) in [6.45, 7) is 1.24. The first-order chi connectivity index (χ1) is 12.2. The molecule has 1 aromatic heterocycles. The Bertz CT molecular complexity index is 918. The molecule has 0 unspecified atom stereocenters. The summed E-state index contributed by atoms with van der Waals surface area (Å²) in [4.78, 5) is 16.3. The molecular formula is C18H16N6O. The third kappa shape index (κ3) is 2.33. The maximum Gasteiger partial charge on any atom is 0.250 e. The van der Waals surface area contributed by atoms with E-state index >= 15 is 0 Å². The molecule has 1 N–H and O–H groups in total. The molecule has 7 heteroatoms. The lowest BCUT2D eigenvalue weighted by Gasteiger charge is -2.25. The zero-order chi connectivity index (χ0) is 17.4. The average molecular weight is 332 g/mol. The minimum atomic E-state index is -0.358. The molecule has 3 heterocycles.